The molecular weight excluding hydrogens is 645 g/mol. The second-order valence-electron chi connectivity index (χ2n) is 14.8. The van der Waals surface area contributed by atoms with Gasteiger partial charge in [-0.1, -0.05) is 159 Å². The minimum absolute atomic E-state index is 0.0984. The van der Waals surface area contributed by atoms with E-state index in [2.05, 4.69) is 184 Å². The van der Waals surface area contributed by atoms with E-state index in [-0.39, 0.29) is 5.41 Å². The molecule has 10 aromatic rings. The normalized spacial score (nSPS) is 13.3. The highest BCUT2D eigenvalue weighted by molar-refractivity contribution is 7.25. The van der Waals surface area contributed by atoms with Crippen molar-refractivity contribution in [3.63, 3.8) is 0 Å². The zero-order chi connectivity index (χ0) is 34.6. The van der Waals surface area contributed by atoms with Gasteiger partial charge in [0.05, 0.1) is 0 Å². The van der Waals surface area contributed by atoms with Crippen molar-refractivity contribution in [2.75, 3.05) is 0 Å². The van der Waals surface area contributed by atoms with Crippen molar-refractivity contribution >= 4 is 63.8 Å². The molecule has 1 aromatic heterocycles. The van der Waals surface area contributed by atoms with Crippen LogP contribution >= 0.6 is 11.3 Å². The molecule has 0 atom stereocenters. The van der Waals surface area contributed by atoms with Gasteiger partial charge in [-0.2, -0.15) is 0 Å². The third-order valence-electron chi connectivity index (χ3n) is 11.7. The van der Waals surface area contributed by atoms with Crippen molar-refractivity contribution in [3.8, 4) is 44.5 Å². The first-order chi connectivity index (χ1) is 25.5. The van der Waals surface area contributed by atoms with E-state index >= 15 is 0 Å². The summed E-state index contributed by atoms with van der Waals surface area (Å²) in [6, 6.07) is 63.4. The van der Waals surface area contributed by atoms with Crippen LogP contribution in [-0.2, 0) is 5.41 Å². The van der Waals surface area contributed by atoms with Crippen LogP contribution in [0.3, 0.4) is 0 Å². The molecule has 0 saturated carbocycles. The molecule has 0 amide bonds. The van der Waals surface area contributed by atoms with Gasteiger partial charge in [-0.3, -0.25) is 0 Å². The lowest BCUT2D eigenvalue weighted by molar-refractivity contribution is 0.661. The topological polar surface area (TPSA) is 0 Å². The Balaban J connectivity index is 1.04. The van der Waals surface area contributed by atoms with E-state index in [9.17, 15) is 0 Å². The third kappa shape index (κ3) is 4.21. The van der Waals surface area contributed by atoms with E-state index in [0.717, 1.165) is 0 Å². The van der Waals surface area contributed by atoms with Gasteiger partial charge in [-0.25, -0.2) is 0 Å². The van der Waals surface area contributed by atoms with Crippen molar-refractivity contribution in [1.29, 1.82) is 0 Å². The quantitative estimate of drug-likeness (QED) is 0.163. The monoisotopic (exact) mass is 678 g/mol. The minimum atomic E-state index is -0.0984. The number of hydrogen-bond donors (Lipinski definition) is 0. The van der Waals surface area contributed by atoms with Gasteiger partial charge in [0, 0.05) is 25.6 Å². The number of benzene rings is 9. The van der Waals surface area contributed by atoms with E-state index < -0.39 is 0 Å². The summed E-state index contributed by atoms with van der Waals surface area (Å²) in [4.78, 5) is 0. The molecule has 1 aliphatic rings. The standard InChI is InChI=1S/C51H34S/c1-51(2)44-27-25-35-29-47-43(36-14-10-11-19-46(36)52-47)30-42(35)50(44)41-26-24-34(28-45(41)51)31-20-22-33(23-21-31)49-39-17-8-6-15-37(39)48(32-12-4-3-5-13-32)38-16-7-9-18-40(38)49/h3-30H,1-2H3. The molecule has 1 aliphatic carbocycles. The maximum absolute atomic E-state index is 2.46. The molecule has 52 heavy (non-hydrogen) atoms. The molecule has 0 unspecified atom stereocenters. The Morgan fingerprint density at radius 1 is 0.346 bits per heavy atom. The third-order valence-corrected chi connectivity index (χ3v) is 12.8. The van der Waals surface area contributed by atoms with Gasteiger partial charge in [0.15, 0.2) is 0 Å². The molecule has 0 spiro atoms. The van der Waals surface area contributed by atoms with E-state index in [4.69, 9.17) is 0 Å². The molecule has 0 bridgehead atoms. The molecule has 0 N–H and O–H groups in total. The highest BCUT2D eigenvalue weighted by Crippen LogP contribution is 2.53. The van der Waals surface area contributed by atoms with Crippen LogP contribution in [0.25, 0.3) is 97.0 Å². The maximum atomic E-state index is 2.46. The van der Waals surface area contributed by atoms with Crippen LogP contribution in [-0.4, -0.2) is 0 Å². The van der Waals surface area contributed by atoms with Gasteiger partial charge in [0.1, 0.15) is 0 Å². The summed E-state index contributed by atoms with van der Waals surface area (Å²) in [5.41, 5.74) is 13.1. The summed E-state index contributed by atoms with van der Waals surface area (Å²) >= 11 is 1.89. The predicted molar refractivity (Wildman–Crippen MR) is 226 cm³/mol. The van der Waals surface area contributed by atoms with Crippen LogP contribution in [0.5, 0.6) is 0 Å². The fourth-order valence-electron chi connectivity index (χ4n) is 9.14. The summed E-state index contributed by atoms with van der Waals surface area (Å²) in [6.07, 6.45) is 0. The van der Waals surface area contributed by atoms with Gasteiger partial charge >= 0.3 is 0 Å². The minimum Gasteiger partial charge on any atom is -0.135 e. The Bertz CT molecular complexity index is 3010. The molecule has 1 heteroatoms. The van der Waals surface area contributed by atoms with E-state index in [0.29, 0.717) is 0 Å². The lowest BCUT2D eigenvalue weighted by Gasteiger charge is -2.22. The second-order valence-corrected chi connectivity index (χ2v) is 15.9. The van der Waals surface area contributed by atoms with Gasteiger partial charge < -0.3 is 0 Å². The molecule has 9 aromatic carbocycles. The first-order valence-corrected chi connectivity index (χ1v) is 19.0. The number of rotatable bonds is 3. The zero-order valence-corrected chi connectivity index (χ0v) is 29.9. The lowest BCUT2D eigenvalue weighted by atomic mass is 9.81. The Morgan fingerprint density at radius 2 is 0.904 bits per heavy atom. The average Bonchev–Trinajstić information content (AvgIpc) is 3.67. The summed E-state index contributed by atoms with van der Waals surface area (Å²) in [5.74, 6) is 0. The molecule has 0 radical (unpaired) electrons. The molecule has 11 rings (SSSR count). The van der Waals surface area contributed by atoms with Gasteiger partial charge in [0.2, 0.25) is 0 Å². The van der Waals surface area contributed by atoms with Crippen LogP contribution < -0.4 is 0 Å². The van der Waals surface area contributed by atoms with Crippen LogP contribution in [0.4, 0.5) is 0 Å². The Hall–Kier alpha value is -6.02. The van der Waals surface area contributed by atoms with Crippen molar-refractivity contribution in [1.82, 2.24) is 0 Å². The first kappa shape index (κ1) is 29.7. The number of thiophene rings is 1. The van der Waals surface area contributed by atoms with Gasteiger partial charge in [-0.15, -0.1) is 11.3 Å². The van der Waals surface area contributed by atoms with E-state index in [1.54, 1.807) is 0 Å². The highest BCUT2D eigenvalue weighted by atomic mass is 32.1. The maximum Gasteiger partial charge on any atom is 0.0361 e. The number of hydrogen-bond acceptors (Lipinski definition) is 1. The molecule has 0 saturated heterocycles. The highest BCUT2D eigenvalue weighted by Gasteiger charge is 2.36. The van der Waals surface area contributed by atoms with Crippen molar-refractivity contribution in [2.45, 2.75) is 19.3 Å². The van der Waals surface area contributed by atoms with Gasteiger partial charge in [-0.05, 0) is 112 Å². The van der Waals surface area contributed by atoms with Crippen molar-refractivity contribution < 1.29 is 0 Å². The summed E-state index contributed by atoms with van der Waals surface area (Å²) in [5, 5.41) is 10.5. The lowest BCUT2D eigenvalue weighted by Crippen LogP contribution is -2.15. The smallest absolute Gasteiger partial charge is 0.0361 e. The van der Waals surface area contributed by atoms with E-state index in [1.165, 1.54) is 108 Å². The average molecular weight is 679 g/mol. The first-order valence-electron chi connectivity index (χ1n) is 18.2. The van der Waals surface area contributed by atoms with E-state index in [1.807, 2.05) is 11.3 Å². The summed E-state index contributed by atoms with van der Waals surface area (Å²) in [7, 11) is 0. The van der Waals surface area contributed by atoms with Crippen LogP contribution in [0.1, 0.15) is 25.0 Å². The van der Waals surface area contributed by atoms with Crippen molar-refractivity contribution in [3.05, 3.63) is 181 Å². The molecule has 0 nitrogen and oxygen atoms in total. The zero-order valence-electron chi connectivity index (χ0n) is 29.1. The molecule has 0 aliphatic heterocycles. The molecule has 0 fully saturated rings. The Kier molecular flexibility index (Phi) is 6.27. The van der Waals surface area contributed by atoms with Crippen molar-refractivity contribution in [2.24, 2.45) is 0 Å². The van der Waals surface area contributed by atoms with Crippen LogP contribution in [0.15, 0.2) is 170 Å². The predicted octanol–water partition coefficient (Wildman–Crippen LogP) is 14.8. The van der Waals surface area contributed by atoms with Crippen LogP contribution in [0.2, 0.25) is 0 Å². The summed E-state index contributed by atoms with van der Waals surface area (Å²) in [6.45, 7) is 4.79. The fraction of sp³-hybridized carbons (Fsp3) is 0.0588. The second kappa shape index (κ2) is 11.0. The largest absolute Gasteiger partial charge is 0.135 e. The Labute approximate surface area is 307 Å². The Morgan fingerprint density at radius 3 is 1.58 bits per heavy atom. The fourth-order valence-corrected chi connectivity index (χ4v) is 10.3. The van der Waals surface area contributed by atoms with Gasteiger partial charge in [0.25, 0.3) is 0 Å². The molecule has 244 valence electrons. The summed E-state index contributed by atoms with van der Waals surface area (Å²) < 4.78 is 2.71. The van der Waals surface area contributed by atoms with Crippen LogP contribution in [0, 0.1) is 0 Å². The molecule has 1 heterocycles. The molecular formula is C51H34S. The number of fused-ring (bicyclic) bond motifs is 10. The SMILES string of the molecule is CC1(C)c2cc(-c3ccc(-c4c5ccccc5c(-c5ccccc5)c5ccccc45)cc3)ccc2-c2c1ccc1cc3sc4ccccc4c3cc21.